The molecule has 3 heterocycles. The molecule has 0 unspecified atom stereocenters. The number of aromatic nitrogens is 6. The Labute approximate surface area is 218 Å². The van der Waals surface area contributed by atoms with Crippen LogP contribution in [0.25, 0.3) is 22.8 Å². The summed E-state index contributed by atoms with van der Waals surface area (Å²) in [6.07, 6.45) is 1.48. The summed E-state index contributed by atoms with van der Waals surface area (Å²) < 4.78 is 60.3. The molecule has 0 aliphatic rings. The third kappa shape index (κ3) is 5.11. The highest BCUT2D eigenvalue weighted by Crippen LogP contribution is 2.38. The average molecular weight is 542 g/mol. The van der Waals surface area contributed by atoms with Gasteiger partial charge in [0.1, 0.15) is 22.9 Å². The van der Waals surface area contributed by atoms with E-state index >= 15 is 0 Å². The van der Waals surface area contributed by atoms with E-state index in [1.807, 2.05) is 0 Å². The van der Waals surface area contributed by atoms with Gasteiger partial charge in [-0.1, -0.05) is 12.1 Å². The number of sulfonamides is 1. The quantitative estimate of drug-likeness (QED) is 0.313. The van der Waals surface area contributed by atoms with Gasteiger partial charge in [0.25, 0.3) is 10.0 Å². The maximum atomic E-state index is 13.5. The molecule has 1 aromatic carbocycles. The second kappa shape index (κ2) is 10.8. The highest BCUT2D eigenvalue weighted by molar-refractivity contribution is 7.96. The van der Waals surface area contributed by atoms with Crippen LogP contribution < -0.4 is 18.9 Å². The van der Waals surface area contributed by atoms with Crippen LogP contribution >= 0.6 is 0 Å². The highest BCUT2D eigenvalue weighted by atomic mass is 32.2. The number of nitrogens with zero attached hydrogens (tertiary/aromatic N) is 6. The fourth-order valence-corrected chi connectivity index (χ4v) is 4.59. The summed E-state index contributed by atoms with van der Waals surface area (Å²) in [7, 11) is 0.222. The predicted octanol–water partition coefficient (Wildman–Crippen LogP) is 3.48. The van der Waals surface area contributed by atoms with Crippen molar-refractivity contribution in [1.29, 1.82) is 0 Å². The summed E-state index contributed by atoms with van der Waals surface area (Å²) >= 11 is 0. The maximum absolute atomic E-state index is 13.5. The number of anilines is 1. The van der Waals surface area contributed by atoms with Crippen molar-refractivity contribution in [3.8, 4) is 34.6 Å². The van der Waals surface area contributed by atoms with Crippen LogP contribution in [0.15, 0.2) is 53.7 Å². The SMILES string of the molecule is COc1cccc(-c2nnc(NS(=O)(=O)/C(C)=C(\C)c3cnc(F)nc3)n2-c2c(OC)cccc2OC)n1. The van der Waals surface area contributed by atoms with E-state index in [-0.39, 0.29) is 16.7 Å². The lowest BCUT2D eigenvalue weighted by Crippen LogP contribution is -2.18. The highest BCUT2D eigenvalue weighted by Gasteiger charge is 2.27. The van der Waals surface area contributed by atoms with Crippen molar-refractivity contribution in [2.45, 2.75) is 13.8 Å². The van der Waals surface area contributed by atoms with Crippen molar-refractivity contribution >= 4 is 21.5 Å². The van der Waals surface area contributed by atoms with Crippen LogP contribution in [-0.4, -0.2) is 59.5 Å². The largest absolute Gasteiger partial charge is 0.494 e. The standard InChI is InChI=1S/C24H24FN7O5S/c1-14(16-12-26-23(25)27-13-16)15(2)38(33,34)31-24-30-29-22(17-8-6-11-20(28-17)37-5)32(24)21-18(35-3)9-7-10-19(21)36-4/h6-13H,1-5H3,(H,30,31)/b15-14+. The van der Waals surface area contributed by atoms with Gasteiger partial charge in [0.05, 0.1) is 26.2 Å². The van der Waals surface area contributed by atoms with Gasteiger partial charge >= 0.3 is 6.08 Å². The zero-order valence-electron chi connectivity index (χ0n) is 21.1. The maximum Gasteiger partial charge on any atom is 0.308 e. The van der Waals surface area contributed by atoms with Gasteiger partial charge in [0, 0.05) is 24.0 Å². The first-order chi connectivity index (χ1) is 18.2. The Morgan fingerprint density at radius 1 is 0.921 bits per heavy atom. The lowest BCUT2D eigenvalue weighted by atomic mass is 10.1. The fourth-order valence-electron chi connectivity index (χ4n) is 3.54. The van der Waals surface area contributed by atoms with Crippen LogP contribution in [0, 0.1) is 6.08 Å². The van der Waals surface area contributed by atoms with Crippen molar-refractivity contribution in [1.82, 2.24) is 29.7 Å². The zero-order valence-corrected chi connectivity index (χ0v) is 21.9. The van der Waals surface area contributed by atoms with Crippen LogP contribution in [0.2, 0.25) is 0 Å². The topological polar surface area (TPSA) is 143 Å². The number of hydrogen-bond acceptors (Lipinski definition) is 10. The normalized spacial score (nSPS) is 12.1. The number of methoxy groups -OCH3 is 3. The summed E-state index contributed by atoms with van der Waals surface area (Å²) in [5.74, 6) is 1.08. The van der Waals surface area contributed by atoms with E-state index in [1.165, 1.54) is 45.2 Å². The molecule has 4 aromatic rings. The number of pyridine rings is 1. The molecule has 0 saturated carbocycles. The van der Waals surface area contributed by atoms with Crippen molar-refractivity contribution in [2.75, 3.05) is 26.1 Å². The molecule has 0 saturated heterocycles. The van der Waals surface area contributed by atoms with Crippen LogP contribution in [0.1, 0.15) is 19.4 Å². The molecule has 14 heteroatoms. The second-order valence-corrected chi connectivity index (χ2v) is 9.61. The molecule has 0 aliphatic heterocycles. The van der Waals surface area contributed by atoms with Gasteiger partial charge in [0.2, 0.25) is 11.8 Å². The molecule has 3 aromatic heterocycles. The Hall–Kier alpha value is -4.59. The van der Waals surface area contributed by atoms with Gasteiger partial charge in [0.15, 0.2) is 5.82 Å². The van der Waals surface area contributed by atoms with E-state index in [0.29, 0.717) is 39.9 Å². The van der Waals surface area contributed by atoms with E-state index in [0.717, 1.165) is 0 Å². The molecule has 0 bridgehead atoms. The molecular weight excluding hydrogens is 517 g/mol. The number of hydrogen-bond donors (Lipinski definition) is 1. The Bertz CT molecular complexity index is 1580. The Morgan fingerprint density at radius 3 is 2.16 bits per heavy atom. The van der Waals surface area contributed by atoms with Gasteiger partial charge < -0.3 is 14.2 Å². The first-order valence-corrected chi connectivity index (χ1v) is 12.5. The van der Waals surface area contributed by atoms with Crippen molar-refractivity contribution in [3.05, 3.63) is 65.3 Å². The molecule has 0 spiro atoms. The Balaban J connectivity index is 1.90. The molecule has 198 valence electrons. The Morgan fingerprint density at radius 2 is 1.55 bits per heavy atom. The lowest BCUT2D eigenvalue weighted by molar-refractivity contribution is 0.391. The second-order valence-electron chi connectivity index (χ2n) is 7.79. The zero-order chi connectivity index (χ0) is 27.4. The number of nitrogens with one attached hydrogen (secondary N) is 1. The molecule has 0 amide bonds. The number of benzene rings is 1. The molecule has 0 aliphatic carbocycles. The molecule has 38 heavy (non-hydrogen) atoms. The minimum atomic E-state index is -4.19. The summed E-state index contributed by atoms with van der Waals surface area (Å²) in [5.41, 5.74) is 1.34. The first-order valence-electron chi connectivity index (χ1n) is 11.1. The van der Waals surface area contributed by atoms with Crippen molar-refractivity contribution in [2.24, 2.45) is 0 Å². The van der Waals surface area contributed by atoms with Gasteiger partial charge in [-0.25, -0.2) is 28.1 Å². The lowest BCUT2D eigenvalue weighted by Gasteiger charge is -2.18. The number of ether oxygens (including phenoxy) is 3. The van der Waals surface area contributed by atoms with Crippen LogP contribution in [0.3, 0.4) is 0 Å². The molecule has 12 nitrogen and oxygen atoms in total. The smallest absolute Gasteiger partial charge is 0.308 e. The molecule has 0 radical (unpaired) electrons. The van der Waals surface area contributed by atoms with E-state index in [9.17, 15) is 12.8 Å². The average Bonchev–Trinajstić information content (AvgIpc) is 3.34. The minimum absolute atomic E-state index is 0.0599. The van der Waals surface area contributed by atoms with E-state index < -0.39 is 16.1 Å². The number of rotatable bonds is 9. The molecule has 0 fully saturated rings. The van der Waals surface area contributed by atoms with Gasteiger partial charge in [-0.15, -0.1) is 10.2 Å². The number of para-hydroxylation sites is 1. The summed E-state index contributed by atoms with van der Waals surface area (Å²) in [5, 5.41) is 8.34. The third-order valence-electron chi connectivity index (χ3n) is 5.66. The van der Waals surface area contributed by atoms with Crippen LogP contribution in [-0.2, 0) is 10.0 Å². The molecule has 1 N–H and O–H groups in total. The number of halogens is 1. The minimum Gasteiger partial charge on any atom is -0.494 e. The van der Waals surface area contributed by atoms with Crippen molar-refractivity contribution < 1.29 is 27.0 Å². The van der Waals surface area contributed by atoms with Gasteiger partial charge in [-0.3, -0.25) is 4.57 Å². The van der Waals surface area contributed by atoms with Crippen molar-refractivity contribution in [3.63, 3.8) is 0 Å². The fraction of sp³-hybridized carbons (Fsp3) is 0.208. The van der Waals surface area contributed by atoms with E-state index in [2.05, 4.69) is 29.9 Å². The summed E-state index contributed by atoms with van der Waals surface area (Å²) in [6, 6.07) is 10.1. The first kappa shape index (κ1) is 26.5. The molecular formula is C24H24FN7O5S. The summed E-state index contributed by atoms with van der Waals surface area (Å²) in [4.78, 5) is 11.3. The van der Waals surface area contributed by atoms with Gasteiger partial charge in [-0.05, 0) is 37.6 Å². The Kier molecular flexibility index (Phi) is 7.52. The molecule has 4 rings (SSSR count). The third-order valence-corrected chi connectivity index (χ3v) is 7.22. The van der Waals surface area contributed by atoms with Gasteiger partial charge in [-0.2, -0.15) is 4.39 Å². The van der Waals surface area contributed by atoms with E-state index in [1.54, 1.807) is 43.3 Å². The van der Waals surface area contributed by atoms with Crippen LogP contribution in [0.5, 0.6) is 17.4 Å². The number of allylic oxidation sites excluding steroid dienone is 2. The molecule has 0 atom stereocenters. The monoisotopic (exact) mass is 541 g/mol. The van der Waals surface area contributed by atoms with E-state index in [4.69, 9.17) is 14.2 Å². The van der Waals surface area contributed by atoms with Crippen LogP contribution in [0.4, 0.5) is 10.3 Å². The predicted molar refractivity (Wildman–Crippen MR) is 137 cm³/mol. The summed E-state index contributed by atoms with van der Waals surface area (Å²) in [6.45, 7) is 2.96.